The molecule has 0 amide bonds. The first kappa shape index (κ1) is 30.9. The van der Waals surface area contributed by atoms with Crippen molar-refractivity contribution in [3.63, 3.8) is 0 Å². The maximum atomic E-state index is 9.59. The zero-order valence-electron chi connectivity index (χ0n) is 23.3. The molecule has 2 aliphatic carbocycles. The lowest BCUT2D eigenvalue weighted by molar-refractivity contribution is -0.137. The van der Waals surface area contributed by atoms with Gasteiger partial charge >= 0.3 is 5.97 Å². The Balaban J connectivity index is 0.000000728. The first-order valence-corrected chi connectivity index (χ1v) is 12.2. The van der Waals surface area contributed by atoms with Crippen LogP contribution in [0.2, 0.25) is 0 Å². The van der Waals surface area contributed by atoms with E-state index < -0.39 is 0 Å². The van der Waals surface area contributed by atoms with Gasteiger partial charge in [0.2, 0.25) is 0 Å². The Kier molecular flexibility index (Phi) is 12.7. The highest BCUT2D eigenvalue weighted by Crippen LogP contribution is 2.62. The summed E-state index contributed by atoms with van der Waals surface area (Å²) < 4.78 is 8.36. The van der Waals surface area contributed by atoms with Gasteiger partial charge in [0.15, 0.2) is 0 Å². The molecule has 2 aromatic carbocycles. The molecule has 0 aromatic heterocycles. The average Bonchev–Trinajstić information content (AvgIpc) is 3.18. The molecular formula is C30H48O3. The van der Waals surface area contributed by atoms with Gasteiger partial charge in [-0.2, -0.15) is 0 Å². The van der Waals surface area contributed by atoms with Gasteiger partial charge in [-0.3, -0.25) is 4.79 Å². The van der Waals surface area contributed by atoms with E-state index >= 15 is 0 Å². The van der Waals surface area contributed by atoms with E-state index in [-0.39, 0.29) is 22.2 Å². The van der Waals surface area contributed by atoms with Crippen LogP contribution in [0.15, 0.2) is 48.5 Å². The molecule has 0 atom stereocenters. The van der Waals surface area contributed by atoms with E-state index in [0.717, 1.165) is 0 Å². The largest absolute Gasteiger partial charge is 0.469 e. The number of carbonyl (C=O) groups is 1. The van der Waals surface area contributed by atoms with Crippen molar-refractivity contribution >= 4 is 5.97 Å². The first-order valence-electron chi connectivity index (χ1n) is 12.2. The van der Waals surface area contributed by atoms with Crippen LogP contribution in [-0.2, 0) is 30.5 Å². The van der Waals surface area contributed by atoms with Gasteiger partial charge in [0.1, 0.15) is 0 Å². The SMILES string of the molecule is CC.CC.CC1(C)CC2(CC(C)(C)c3ccccc32)c2ccccc21.COC.COC(C)=O. The summed E-state index contributed by atoms with van der Waals surface area (Å²) in [6, 6.07) is 18.3. The molecule has 2 aromatic rings. The summed E-state index contributed by atoms with van der Waals surface area (Å²) in [5.41, 5.74) is 7.02. The van der Waals surface area contributed by atoms with E-state index in [1.165, 1.54) is 26.9 Å². The topological polar surface area (TPSA) is 35.5 Å². The number of benzene rings is 2. The van der Waals surface area contributed by atoms with Crippen LogP contribution in [0.25, 0.3) is 0 Å². The van der Waals surface area contributed by atoms with Crippen LogP contribution in [0.1, 0.15) is 97.4 Å². The molecule has 0 N–H and O–H groups in total. The lowest BCUT2D eigenvalue weighted by atomic mass is 9.72. The fourth-order valence-electron chi connectivity index (χ4n) is 5.27. The van der Waals surface area contributed by atoms with Crippen LogP contribution in [0.4, 0.5) is 0 Å². The number of fused-ring (bicyclic) bond motifs is 4. The first-order chi connectivity index (χ1) is 15.6. The fraction of sp³-hybridized carbons (Fsp3) is 0.567. The average molecular weight is 457 g/mol. The van der Waals surface area contributed by atoms with E-state index in [2.05, 4.69) is 85.7 Å². The van der Waals surface area contributed by atoms with Gasteiger partial charge in [0, 0.05) is 26.6 Å². The number of methoxy groups -OCH3 is 2. The number of ether oxygens (including phenoxy) is 2. The van der Waals surface area contributed by atoms with Gasteiger partial charge in [-0.05, 0) is 45.9 Å². The van der Waals surface area contributed by atoms with Crippen LogP contribution in [0.5, 0.6) is 0 Å². The summed E-state index contributed by atoms with van der Waals surface area (Å²) >= 11 is 0. The third-order valence-electron chi connectivity index (χ3n) is 6.12. The highest BCUT2D eigenvalue weighted by Gasteiger charge is 2.55. The van der Waals surface area contributed by atoms with E-state index in [1.54, 1.807) is 36.5 Å². The Hall–Kier alpha value is -2.13. The number of carbonyl (C=O) groups excluding carboxylic acids is 1. The molecule has 0 heterocycles. The molecule has 2 aliphatic rings. The Morgan fingerprint density at radius 1 is 0.667 bits per heavy atom. The van der Waals surface area contributed by atoms with Crippen molar-refractivity contribution in [2.24, 2.45) is 0 Å². The summed E-state index contributed by atoms with van der Waals surface area (Å²) in [6.07, 6.45) is 2.47. The van der Waals surface area contributed by atoms with Crippen molar-refractivity contribution in [3.05, 3.63) is 70.8 Å². The molecular weight excluding hydrogens is 408 g/mol. The van der Waals surface area contributed by atoms with Crippen molar-refractivity contribution in [3.8, 4) is 0 Å². The summed E-state index contributed by atoms with van der Waals surface area (Å²) in [4.78, 5) is 9.59. The van der Waals surface area contributed by atoms with Crippen LogP contribution >= 0.6 is 0 Å². The van der Waals surface area contributed by atoms with Gasteiger partial charge in [0.25, 0.3) is 0 Å². The Labute approximate surface area is 203 Å². The molecule has 0 saturated heterocycles. The van der Waals surface area contributed by atoms with Crippen LogP contribution in [-0.4, -0.2) is 27.3 Å². The van der Waals surface area contributed by atoms with Gasteiger partial charge in [-0.15, -0.1) is 0 Å². The second kappa shape index (κ2) is 13.5. The quantitative estimate of drug-likeness (QED) is 0.379. The lowest BCUT2D eigenvalue weighted by Gasteiger charge is -2.30. The highest BCUT2D eigenvalue weighted by molar-refractivity contribution is 5.65. The number of rotatable bonds is 0. The van der Waals surface area contributed by atoms with Gasteiger partial charge in [-0.25, -0.2) is 0 Å². The van der Waals surface area contributed by atoms with Crippen LogP contribution < -0.4 is 0 Å². The maximum absolute atomic E-state index is 9.59. The van der Waals surface area contributed by atoms with Gasteiger partial charge in [-0.1, -0.05) is 104 Å². The molecule has 0 radical (unpaired) electrons. The number of esters is 1. The Bertz CT molecular complexity index is 786. The molecule has 33 heavy (non-hydrogen) atoms. The van der Waals surface area contributed by atoms with E-state index in [9.17, 15) is 4.79 Å². The molecule has 0 aliphatic heterocycles. The number of hydrogen-bond acceptors (Lipinski definition) is 3. The molecule has 186 valence electrons. The van der Waals surface area contributed by atoms with Crippen molar-refractivity contribution < 1.29 is 14.3 Å². The van der Waals surface area contributed by atoms with Crippen molar-refractivity contribution in [2.75, 3.05) is 21.3 Å². The second-order valence-electron chi connectivity index (χ2n) is 9.40. The third-order valence-corrected chi connectivity index (χ3v) is 6.12. The zero-order valence-corrected chi connectivity index (χ0v) is 23.3. The van der Waals surface area contributed by atoms with E-state index in [0.29, 0.717) is 0 Å². The fourth-order valence-corrected chi connectivity index (χ4v) is 5.27. The van der Waals surface area contributed by atoms with Crippen LogP contribution in [0, 0.1) is 0 Å². The minimum Gasteiger partial charge on any atom is -0.469 e. The molecule has 3 nitrogen and oxygen atoms in total. The predicted octanol–water partition coefficient (Wildman–Crippen LogP) is 7.83. The zero-order chi connectivity index (χ0) is 25.9. The minimum absolute atomic E-state index is 0.222. The predicted molar refractivity (Wildman–Crippen MR) is 142 cm³/mol. The molecule has 3 heteroatoms. The van der Waals surface area contributed by atoms with E-state index in [4.69, 9.17) is 0 Å². The van der Waals surface area contributed by atoms with Crippen molar-refractivity contribution in [1.82, 2.24) is 0 Å². The van der Waals surface area contributed by atoms with E-state index in [1.807, 2.05) is 27.7 Å². The minimum atomic E-state index is -0.245. The maximum Gasteiger partial charge on any atom is 0.302 e. The standard InChI is InChI=1S/C21H24.C3H6O2.C2H6O.2C2H6/c1-19(2)13-21(17-11-7-5-9-15(17)19)14-20(3,4)16-10-6-8-12-18(16)21;1-3(4)5-2;1-3-2;2*1-2/h5-12H,13-14H2,1-4H3;1-2H3;1-2H3;2*1-2H3. The van der Waals surface area contributed by atoms with Gasteiger partial charge < -0.3 is 9.47 Å². The molecule has 4 rings (SSSR count). The number of hydrogen-bond donors (Lipinski definition) is 0. The third kappa shape index (κ3) is 6.93. The molecule has 0 unspecified atom stereocenters. The summed E-state index contributed by atoms with van der Waals surface area (Å²) in [7, 11) is 4.60. The smallest absolute Gasteiger partial charge is 0.302 e. The summed E-state index contributed by atoms with van der Waals surface area (Å²) in [5.74, 6) is -0.245. The molecule has 0 saturated carbocycles. The highest BCUT2D eigenvalue weighted by atomic mass is 16.5. The monoisotopic (exact) mass is 456 g/mol. The normalized spacial score (nSPS) is 16.6. The lowest BCUT2D eigenvalue weighted by Crippen LogP contribution is -2.26. The second-order valence-corrected chi connectivity index (χ2v) is 9.40. The van der Waals surface area contributed by atoms with Gasteiger partial charge in [0.05, 0.1) is 7.11 Å². The van der Waals surface area contributed by atoms with Crippen LogP contribution in [0.3, 0.4) is 0 Å². The summed E-state index contributed by atoms with van der Waals surface area (Å²) in [6.45, 7) is 19.0. The molecule has 1 spiro atoms. The Morgan fingerprint density at radius 2 is 0.909 bits per heavy atom. The summed E-state index contributed by atoms with van der Waals surface area (Å²) in [5, 5.41) is 0. The molecule has 0 fully saturated rings. The van der Waals surface area contributed by atoms with Crippen molar-refractivity contribution in [1.29, 1.82) is 0 Å². The Morgan fingerprint density at radius 3 is 1.15 bits per heavy atom. The molecule has 0 bridgehead atoms. The van der Waals surface area contributed by atoms with Crippen molar-refractivity contribution in [2.45, 2.75) is 91.4 Å².